The van der Waals surface area contributed by atoms with Gasteiger partial charge in [-0.15, -0.1) is 0 Å². The van der Waals surface area contributed by atoms with Crippen molar-refractivity contribution in [3.8, 4) is 0 Å². The zero-order chi connectivity index (χ0) is 8.55. The van der Waals surface area contributed by atoms with E-state index in [1.165, 1.54) is 11.3 Å². The number of hydrogen-bond acceptors (Lipinski definition) is 4. The molecule has 0 unspecified atom stereocenters. The smallest absolute Gasteiger partial charge is 0.181 e. The van der Waals surface area contributed by atoms with Crippen molar-refractivity contribution in [1.82, 2.24) is 4.98 Å². The van der Waals surface area contributed by atoms with E-state index in [0.717, 1.165) is 15.8 Å². The van der Waals surface area contributed by atoms with Crippen LogP contribution in [-0.4, -0.2) is 4.98 Å². The van der Waals surface area contributed by atoms with Gasteiger partial charge in [0.1, 0.15) is 0 Å². The minimum Gasteiger partial charge on any atom is -0.375 e. The molecule has 3 nitrogen and oxygen atoms in total. The molecule has 1 aromatic heterocycles. The van der Waals surface area contributed by atoms with Crippen LogP contribution in [0.3, 0.4) is 0 Å². The normalized spacial score (nSPS) is 10.8. The predicted molar refractivity (Wildman–Crippen MR) is 51.9 cm³/mol. The van der Waals surface area contributed by atoms with Crippen molar-refractivity contribution in [1.29, 1.82) is 0 Å². The number of fused-ring (bicyclic) bond motifs is 1. The maximum absolute atomic E-state index is 5.56. The van der Waals surface area contributed by atoms with Gasteiger partial charge in [-0.25, -0.2) is 4.98 Å². The molecule has 4 heteroatoms. The number of anilines is 1. The number of benzene rings is 1. The molecule has 0 atom stereocenters. The van der Waals surface area contributed by atoms with E-state index in [-0.39, 0.29) is 0 Å². The van der Waals surface area contributed by atoms with Crippen molar-refractivity contribution >= 4 is 26.7 Å². The highest BCUT2D eigenvalue weighted by molar-refractivity contribution is 7.22. The summed E-state index contributed by atoms with van der Waals surface area (Å²) >= 11 is 1.49. The Labute approximate surface area is 74.0 Å². The van der Waals surface area contributed by atoms with E-state index in [0.29, 0.717) is 11.7 Å². The van der Waals surface area contributed by atoms with Crippen molar-refractivity contribution in [2.75, 3.05) is 5.73 Å². The summed E-state index contributed by atoms with van der Waals surface area (Å²) in [5, 5.41) is 0.610. The highest BCUT2D eigenvalue weighted by Gasteiger charge is 2.00. The highest BCUT2D eigenvalue weighted by atomic mass is 32.1. The molecule has 0 amide bonds. The molecule has 0 saturated heterocycles. The monoisotopic (exact) mass is 179 g/mol. The number of nitrogen functional groups attached to an aromatic ring is 1. The largest absolute Gasteiger partial charge is 0.375 e. The first kappa shape index (κ1) is 7.52. The Balaban J connectivity index is 2.66. The van der Waals surface area contributed by atoms with Crippen LogP contribution < -0.4 is 11.5 Å². The molecule has 0 bridgehead atoms. The predicted octanol–water partition coefficient (Wildman–Crippen LogP) is 1.34. The van der Waals surface area contributed by atoms with Gasteiger partial charge in [-0.05, 0) is 17.7 Å². The van der Waals surface area contributed by atoms with Crippen LogP contribution in [0.2, 0.25) is 0 Å². The van der Waals surface area contributed by atoms with Crippen molar-refractivity contribution in [2.45, 2.75) is 6.54 Å². The minimum absolute atomic E-state index is 0.563. The fourth-order valence-electron chi connectivity index (χ4n) is 1.11. The fourth-order valence-corrected chi connectivity index (χ4v) is 1.91. The van der Waals surface area contributed by atoms with Crippen LogP contribution in [0.25, 0.3) is 10.2 Å². The SMILES string of the molecule is NCc1ccc2nc(N)sc2c1. The lowest BCUT2D eigenvalue weighted by Gasteiger charge is -1.93. The zero-order valence-corrected chi connectivity index (χ0v) is 7.27. The van der Waals surface area contributed by atoms with E-state index in [1.807, 2.05) is 18.2 Å². The molecule has 4 N–H and O–H groups in total. The Morgan fingerprint density at radius 3 is 3.00 bits per heavy atom. The summed E-state index contributed by atoms with van der Waals surface area (Å²) in [6, 6.07) is 5.95. The summed E-state index contributed by atoms with van der Waals surface area (Å²) in [6.45, 7) is 0.563. The molecule has 0 fully saturated rings. The molecule has 0 aliphatic rings. The minimum atomic E-state index is 0.563. The molecule has 1 heterocycles. The number of aromatic nitrogens is 1. The molecule has 0 radical (unpaired) electrons. The van der Waals surface area contributed by atoms with E-state index in [1.54, 1.807) is 0 Å². The first-order valence-electron chi connectivity index (χ1n) is 3.64. The van der Waals surface area contributed by atoms with Gasteiger partial charge in [0.15, 0.2) is 5.13 Å². The van der Waals surface area contributed by atoms with E-state index in [9.17, 15) is 0 Å². The molecule has 12 heavy (non-hydrogen) atoms. The van der Waals surface area contributed by atoms with E-state index < -0.39 is 0 Å². The lowest BCUT2D eigenvalue weighted by atomic mass is 10.2. The summed E-state index contributed by atoms with van der Waals surface area (Å²) in [4.78, 5) is 4.14. The van der Waals surface area contributed by atoms with Crippen molar-refractivity contribution in [3.63, 3.8) is 0 Å². The molecule has 2 aromatic rings. The van der Waals surface area contributed by atoms with Gasteiger partial charge in [0, 0.05) is 6.54 Å². The van der Waals surface area contributed by atoms with Crippen LogP contribution in [0.1, 0.15) is 5.56 Å². The Morgan fingerprint density at radius 1 is 1.42 bits per heavy atom. The summed E-state index contributed by atoms with van der Waals surface area (Å²) in [5.41, 5.74) is 13.1. The lowest BCUT2D eigenvalue weighted by Crippen LogP contribution is -1.94. The van der Waals surface area contributed by atoms with Gasteiger partial charge < -0.3 is 11.5 Å². The fraction of sp³-hybridized carbons (Fsp3) is 0.125. The zero-order valence-electron chi connectivity index (χ0n) is 6.45. The third kappa shape index (κ3) is 1.15. The van der Waals surface area contributed by atoms with Crippen LogP contribution in [0.4, 0.5) is 5.13 Å². The first-order chi connectivity index (χ1) is 5.79. The molecule has 2 rings (SSSR count). The maximum atomic E-state index is 5.56. The molecule has 1 aromatic carbocycles. The van der Waals surface area contributed by atoms with Gasteiger partial charge in [0.05, 0.1) is 10.2 Å². The second kappa shape index (κ2) is 2.73. The molecule has 0 aliphatic heterocycles. The van der Waals surface area contributed by atoms with Crippen LogP contribution in [0.5, 0.6) is 0 Å². The number of rotatable bonds is 1. The number of nitrogens with two attached hydrogens (primary N) is 2. The summed E-state index contributed by atoms with van der Waals surface area (Å²) in [7, 11) is 0. The quantitative estimate of drug-likeness (QED) is 0.694. The number of thiazole rings is 1. The van der Waals surface area contributed by atoms with Gasteiger partial charge in [-0.2, -0.15) is 0 Å². The van der Waals surface area contributed by atoms with Crippen molar-refractivity contribution in [3.05, 3.63) is 23.8 Å². The van der Waals surface area contributed by atoms with Crippen molar-refractivity contribution in [2.24, 2.45) is 5.73 Å². The number of nitrogens with zero attached hydrogens (tertiary/aromatic N) is 1. The molecular formula is C8H9N3S. The average molecular weight is 179 g/mol. The van der Waals surface area contributed by atoms with E-state index in [2.05, 4.69) is 4.98 Å². The van der Waals surface area contributed by atoms with Gasteiger partial charge in [-0.3, -0.25) is 0 Å². The van der Waals surface area contributed by atoms with Crippen LogP contribution in [0.15, 0.2) is 18.2 Å². The topological polar surface area (TPSA) is 64.9 Å². The standard InChI is InChI=1S/C8H9N3S/c9-4-5-1-2-6-7(3-5)12-8(10)11-6/h1-3H,4,9H2,(H2,10,11). The third-order valence-corrected chi connectivity index (χ3v) is 2.55. The van der Waals surface area contributed by atoms with E-state index >= 15 is 0 Å². The Hall–Kier alpha value is -1.13. The van der Waals surface area contributed by atoms with Crippen molar-refractivity contribution < 1.29 is 0 Å². The highest BCUT2D eigenvalue weighted by Crippen LogP contribution is 2.24. The summed E-state index contributed by atoms with van der Waals surface area (Å²) in [5.74, 6) is 0. The van der Waals surface area contributed by atoms with Crippen LogP contribution in [-0.2, 0) is 6.54 Å². The second-order valence-corrected chi connectivity index (χ2v) is 3.62. The molecule has 0 aliphatic carbocycles. The average Bonchev–Trinajstić information content (AvgIpc) is 2.43. The lowest BCUT2D eigenvalue weighted by molar-refractivity contribution is 1.08. The van der Waals surface area contributed by atoms with Gasteiger partial charge in [-0.1, -0.05) is 17.4 Å². The third-order valence-electron chi connectivity index (χ3n) is 1.71. The number of hydrogen-bond donors (Lipinski definition) is 2. The maximum Gasteiger partial charge on any atom is 0.181 e. The van der Waals surface area contributed by atoms with Crippen LogP contribution in [0, 0.1) is 0 Å². The summed E-state index contributed by atoms with van der Waals surface area (Å²) < 4.78 is 1.11. The summed E-state index contributed by atoms with van der Waals surface area (Å²) in [6.07, 6.45) is 0. The van der Waals surface area contributed by atoms with Gasteiger partial charge in [0.2, 0.25) is 0 Å². The van der Waals surface area contributed by atoms with Gasteiger partial charge >= 0.3 is 0 Å². The van der Waals surface area contributed by atoms with Crippen LogP contribution >= 0.6 is 11.3 Å². The Kier molecular flexibility index (Phi) is 1.71. The van der Waals surface area contributed by atoms with Gasteiger partial charge in [0.25, 0.3) is 0 Å². The molecule has 0 saturated carbocycles. The molecule has 62 valence electrons. The van der Waals surface area contributed by atoms with E-state index in [4.69, 9.17) is 11.5 Å². The Morgan fingerprint density at radius 2 is 2.25 bits per heavy atom. The molecular weight excluding hydrogens is 170 g/mol. The second-order valence-electron chi connectivity index (χ2n) is 2.56. The molecule has 0 spiro atoms. The Bertz CT molecular complexity index is 408. The first-order valence-corrected chi connectivity index (χ1v) is 4.46.